The fraction of sp³-hybridized carbons (Fsp3) is 0.200. The van der Waals surface area contributed by atoms with Crippen LogP contribution in [-0.4, -0.2) is 22.2 Å². The van der Waals surface area contributed by atoms with Gasteiger partial charge in [0.1, 0.15) is 5.57 Å². The largest absolute Gasteiger partial charge is 0.478 e. The maximum absolute atomic E-state index is 10.4. The monoisotopic (exact) mass is 192 g/mol. The summed E-state index contributed by atoms with van der Waals surface area (Å²) in [6.45, 7) is 0. The topological polar surface area (TPSA) is 74.6 Å². The van der Waals surface area contributed by atoms with E-state index < -0.39 is 17.5 Å². The predicted octanol–water partition coefficient (Wildman–Crippen LogP) is 0.499. The number of unbranched alkanes of at least 4 members (excludes halogenated alkanes) is 1. The van der Waals surface area contributed by atoms with Crippen LogP contribution >= 0.6 is 0 Å². The summed E-state index contributed by atoms with van der Waals surface area (Å²) >= 11 is 0. The molecule has 0 unspecified atom stereocenters. The number of hydrogen-bond donors (Lipinski definition) is 2. The minimum absolute atomic E-state index is 0.348. The summed E-state index contributed by atoms with van der Waals surface area (Å²) in [6, 6.07) is 0. The van der Waals surface area contributed by atoms with E-state index in [4.69, 9.17) is 16.6 Å². The van der Waals surface area contributed by atoms with Gasteiger partial charge in [0.05, 0.1) is 0 Å². The van der Waals surface area contributed by atoms with Crippen molar-refractivity contribution in [1.82, 2.24) is 0 Å². The Balaban J connectivity index is 4.53. The second-order valence-corrected chi connectivity index (χ2v) is 2.21. The van der Waals surface area contributed by atoms with Crippen LogP contribution < -0.4 is 0 Å². The highest BCUT2D eigenvalue weighted by Crippen LogP contribution is 1.93. The molecular weight excluding hydrogens is 184 g/mol. The second-order valence-electron chi connectivity index (χ2n) is 2.21. The van der Waals surface area contributed by atoms with E-state index in [9.17, 15) is 9.59 Å². The Kier molecular flexibility index (Phi) is 5.34. The Morgan fingerprint density at radius 3 is 2.36 bits per heavy atom. The van der Waals surface area contributed by atoms with Gasteiger partial charge in [-0.05, 0) is 0 Å². The smallest absolute Gasteiger partial charge is 0.344 e. The normalized spacial score (nSPS) is 9.50. The van der Waals surface area contributed by atoms with E-state index in [1.54, 1.807) is 0 Å². The lowest BCUT2D eigenvalue weighted by Crippen LogP contribution is -2.01. The molecule has 72 valence electrons. The fourth-order valence-corrected chi connectivity index (χ4v) is 0.567. The molecule has 0 aliphatic heterocycles. The summed E-state index contributed by atoms with van der Waals surface area (Å²) in [5.74, 6) is 4.31. The first-order valence-electron chi connectivity index (χ1n) is 3.68. The van der Waals surface area contributed by atoms with Crippen LogP contribution in [-0.2, 0) is 9.59 Å². The summed E-state index contributed by atoms with van der Waals surface area (Å²) < 4.78 is 0. The average Bonchev–Trinajstić information content (AvgIpc) is 2.09. The highest BCUT2D eigenvalue weighted by Gasteiger charge is 2.05. The van der Waals surface area contributed by atoms with Gasteiger partial charge in [-0.15, -0.1) is 12.3 Å². The van der Waals surface area contributed by atoms with Gasteiger partial charge in [-0.1, -0.05) is 11.8 Å². The van der Waals surface area contributed by atoms with E-state index in [2.05, 4.69) is 17.8 Å². The molecule has 2 N–H and O–H groups in total. The molecule has 0 aromatic heterocycles. The molecule has 0 aliphatic rings. The number of carboxylic acids is 2. The van der Waals surface area contributed by atoms with Crippen molar-refractivity contribution in [3.05, 3.63) is 11.6 Å². The van der Waals surface area contributed by atoms with Gasteiger partial charge in [-0.2, -0.15) is 0 Å². The molecule has 0 saturated heterocycles. The molecule has 0 fully saturated rings. The standard InChI is InChI=1S/C10H8O4/c1-2-3-4-5-6-8(10(13)14)7-9(11)12/h1,7H,3-4H2,(H,11,12)(H,13,14)/b8-7-. The summed E-state index contributed by atoms with van der Waals surface area (Å²) in [5, 5.41) is 16.8. The Morgan fingerprint density at radius 1 is 1.29 bits per heavy atom. The molecule has 0 aliphatic carbocycles. The lowest BCUT2D eigenvalue weighted by atomic mass is 10.2. The summed E-state index contributed by atoms with van der Waals surface area (Å²) in [5.41, 5.74) is -0.450. The van der Waals surface area contributed by atoms with Crippen LogP contribution in [0.1, 0.15) is 12.8 Å². The van der Waals surface area contributed by atoms with Gasteiger partial charge in [0, 0.05) is 18.9 Å². The van der Waals surface area contributed by atoms with Crippen molar-refractivity contribution in [2.45, 2.75) is 12.8 Å². The van der Waals surface area contributed by atoms with E-state index in [0.717, 1.165) is 0 Å². The van der Waals surface area contributed by atoms with Crippen LogP contribution in [0, 0.1) is 24.2 Å². The number of hydrogen-bond acceptors (Lipinski definition) is 2. The zero-order valence-corrected chi connectivity index (χ0v) is 7.28. The second kappa shape index (κ2) is 6.33. The van der Waals surface area contributed by atoms with Crippen molar-refractivity contribution in [2.75, 3.05) is 0 Å². The number of carboxylic acid groups (broad SMARTS) is 2. The highest BCUT2D eigenvalue weighted by molar-refractivity contribution is 5.98. The molecule has 4 heteroatoms. The van der Waals surface area contributed by atoms with Gasteiger partial charge in [0.25, 0.3) is 0 Å². The Bertz CT molecular complexity index is 360. The molecule has 0 saturated carbocycles. The SMILES string of the molecule is C#CCCC#C/C(=C/C(=O)O)C(=O)O. The number of terminal acetylenes is 1. The average molecular weight is 192 g/mol. The fourth-order valence-electron chi connectivity index (χ4n) is 0.567. The van der Waals surface area contributed by atoms with Crippen LogP contribution in [0.5, 0.6) is 0 Å². The first kappa shape index (κ1) is 11.8. The number of rotatable bonds is 3. The highest BCUT2D eigenvalue weighted by atomic mass is 16.4. The van der Waals surface area contributed by atoms with Crippen molar-refractivity contribution in [2.24, 2.45) is 0 Å². The third-order valence-electron chi connectivity index (χ3n) is 1.12. The van der Waals surface area contributed by atoms with Crippen LogP contribution in [0.2, 0.25) is 0 Å². The molecule has 0 spiro atoms. The minimum atomic E-state index is -1.36. The van der Waals surface area contributed by atoms with E-state index in [1.807, 2.05) is 0 Å². The molecule has 0 heterocycles. The summed E-state index contributed by atoms with van der Waals surface area (Å²) in [7, 11) is 0. The maximum atomic E-state index is 10.4. The van der Waals surface area contributed by atoms with Crippen molar-refractivity contribution in [1.29, 1.82) is 0 Å². The molecule has 0 aromatic rings. The van der Waals surface area contributed by atoms with Crippen LogP contribution in [0.4, 0.5) is 0 Å². The lowest BCUT2D eigenvalue weighted by molar-refractivity contribution is -0.134. The zero-order valence-electron chi connectivity index (χ0n) is 7.28. The first-order chi connectivity index (χ1) is 6.57. The molecule has 0 bridgehead atoms. The molecule has 14 heavy (non-hydrogen) atoms. The number of aliphatic carboxylic acids is 2. The zero-order chi connectivity index (χ0) is 11.0. The van der Waals surface area contributed by atoms with Crippen molar-refractivity contribution in [3.8, 4) is 24.2 Å². The van der Waals surface area contributed by atoms with E-state index in [1.165, 1.54) is 0 Å². The van der Waals surface area contributed by atoms with Crippen LogP contribution in [0.3, 0.4) is 0 Å². The quantitative estimate of drug-likeness (QED) is 0.388. The Hall–Kier alpha value is -2.20. The molecule has 0 atom stereocenters. The molecule has 0 aromatic carbocycles. The van der Waals surface area contributed by atoms with Gasteiger partial charge in [0.2, 0.25) is 0 Å². The van der Waals surface area contributed by atoms with Crippen molar-refractivity contribution >= 4 is 11.9 Å². The van der Waals surface area contributed by atoms with Gasteiger partial charge in [-0.3, -0.25) is 0 Å². The van der Waals surface area contributed by atoms with Crippen LogP contribution in [0.25, 0.3) is 0 Å². The van der Waals surface area contributed by atoms with Gasteiger partial charge >= 0.3 is 11.9 Å². The summed E-state index contributed by atoms with van der Waals surface area (Å²) in [6.07, 6.45) is 6.25. The lowest BCUT2D eigenvalue weighted by Gasteiger charge is -1.88. The molecule has 4 nitrogen and oxygen atoms in total. The third-order valence-corrected chi connectivity index (χ3v) is 1.12. The third kappa shape index (κ3) is 5.45. The van der Waals surface area contributed by atoms with Crippen molar-refractivity contribution < 1.29 is 19.8 Å². The minimum Gasteiger partial charge on any atom is -0.478 e. The molecular formula is C10H8O4. The summed E-state index contributed by atoms with van der Waals surface area (Å²) in [4.78, 5) is 20.6. The first-order valence-corrected chi connectivity index (χ1v) is 3.68. The van der Waals surface area contributed by atoms with E-state index in [-0.39, 0.29) is 0 Å². The van der Waals surface area contributed by atoms with Gasteiger partial charge in [0.15, 0.2) is 0 Å². The van der Waals surface area contributed by atoms with Crippen molar-refractivity contribution in [3.63, 3.8) is 0 Å². The number of carbonyl (C=O) groups is 2. The van der Waals surface area contributed by atoms with E-state index >= 15 is 0 Å². The Morgan fingerprint density at radius 2 is 1.93 bits per heavy atom. The maximum Gasteiger partial charge on any atom is 0.344 e. The van der Waals surface area contributed by atoms with E-state index in [0.29, 0.717) is 18.9 Å². The van der Waals surface area contributed by atoms with Crippen LogP contribution in [0.15, 0.2) is 11.6 Å². The molecule has 0 rings (SSSR count). The molecule has 0 amide bonds. The van der Waals surface area contributed by atoms with Gasteiger partial charge < -0.3 is 10.2 Å². The predicted molar refractivity (Wildman–Crippen MR) is 49.2 cm³/mol. The molecule has 0 radical (unpaired) electrons. The Labute approximate surface area is 81.2 Å². The van der Waals surface area contributed by atoms with Gasteiger partial charge in [-0.25, -0.2) is 9.59 Å².